The number of carbonyl (C=O) groups excluding carboxylic acids is 1. The van der Waals surface area contributed by atoms with Gasteiger partial charge in [-0.25, -0.2) is 0 Å². The van der Waals surface area contributed by atoms with E-state index in [4.69, 9.17) is 0 Å². The second-order valence-corrected chi connectivity index (χ2v) is 4.54. The number of nitrogens with zero attached hydrogens (tertiary/aromatic N) is 2. The fourth-order valence-corrected chi connectivity index (χ4v) is 1.88. The maximum atomic E-state index is 12.2. The number of benzene rings is 1. The van der Waals surface area contributed by atoms with Gasteiger partial charge in [0.05, 0.1) is 0 Å². The highest BCUT2D eigenvalue weighted by Gasteiger charge is 2.45. The molecule has 1 aliphatic heterocycles. The molecule has 0 unspecified atom stereocenters. The van der Waals surface area contributed by atoms with E-state index in [1.54, 1.807) is 31.2 Å². The largest absolute Gasteiger partial charge is 0.369 e. The van der Waals surface area contributed by atoms with Gasteiger partial charge in [-0.05, 0) is 26.0 Å². The molecule has 1 amide bonds. The van der Waals surface area contributed by atoms with Gasteiger partial charge in [-0.3, -0.25) is 4.79 Å². The predicted octanol–water partition coefficient (Wildman–Crippen LogP) is 1.86. The zero-order valence-corrected chi connectivity index (χ0v) is 10.2. The van der Waals surface area contributed by atoms with Crippen LogP contribution in [0.3, 0.4) is 0 Å². The third-order valence-electron chi connectivity index (χ3n) is 3.35. The van der Waals surface area contributed by atoms with Crippen LogP contribution >= 0.6 is 0 Å². The first-order valence-electron chi connectivity index (χ1n) is 5.61. The molecule has 0 saturated heterocycles. The summed E-state index contributed by atoms with van der Waals surface area (Å²) in [6.45, 7) is 5.28. The monoisotopic (exact) mass is 232 g/mol. The molecule has 0 saturated carbocycles. The quantitative estimate of drug-likeness (QED) is 0.803. The van der Waals surface area contributed by atoms with Crippen LogP contribution in [0.2, 0.25) is 0 Å². The Morgan fingerprint density at radius 1 is 1.41 bits per heavy atom. The second kappa shape index (κ2) is 3.96. The van der Waals surface area contributed by atoms with Crippen LogP contribution in [0.25, 0.3) is 0 Å². The van der Waals surface area contributed by atoms with Gasteiger partial charge in [-0.15, -0.1) is 0 Å². The maximum absolute atomic E-state index is 12.2. The molecule has 0 fully saturated rings. The van der Waals surface area contributed by atoms with Gasteiger partial charge in [-0.2, -0.15) is 10.1 Å². The highest BCUT2D eigenvalue weighted by Crippen LogP contribution is 2.31. The summed E-state index contributed by atoms with van der Waals surface area (Å²) in [6.07, 6.45) is 0. The minimum atomic E-state index is -1.25. The average molecular weight is 232 g/mol. The number of hydrogen-bond donors (Lipinski definition) is 1. The van der Waals surface area contributed by atoms with Crippen molar-refractivity contribution >= 4 is 11.6 Å². The van der Waals surface area contributed by atoms with E-state index in [-0.39, 0.29) is 11.8 Å². The molecule has 4 heteroatoms. The summed E-state index contributed by atoms with van der Waals surface area (Å²) in [5, 5.41) is 15.6. The lowest BCUT2D eigenvalue weighted by molar-refractivity contribution is -0.0787. The molecule has 0 radical (unpaired) electrons. The van der Waals surface area contributed by atoms with Crippen molar-refractivity contribution in [2.24, 2.45) is 11.0 Å². The molecular weight excluding hydrogens is 216 g/mol. The minimum absolute atomic E-state index is 0.157. The van der Waals surface area contributed by atoms with Crippen molar-refractivity contribution in [2.45, 2.75) is 26.5 Å². The van der Waals surface area contributed by atoms with Crippen molar-refractivity contribution in [3.05, 3.63) is 35.9 Å². The molecule has 0 spiro atoms. The molecule has 0 aliphatic carbocycles. The van der Waals surface area contributed by atoms with Crippen molar-refractivity contribution in [1.82, 2.24) is 5.01 Å². The van der Waals surface area contributed by atoms with E-state index in [0.717, 1.165) is 5.71 Å². The van der Waals surface area contributed by atoms with Gasteiger partial charge in [0.1, 0.15) is 0 Å². The van der Waals surface area contributed by atoms with E-state index in [2.05, 4.69) is 5.10 Å². The van der Waals surface area contributed by atoms with E-state index in [9.17, 15) is 9.90 Å². The predicted molar refractivity (Wildman–Crippen MR) is 65.5 cm³/mol. The molecule has 2 rings (SSSR count). The average Bonchev–Trinajstić information content (AvgIpc) is 2.53. The van der Waals surface area contributed by atoms with Crippen molar-refractivity contribution in [2.75, 3.05) is 0 Å². The maximum Gasteiger partial charge on any atom is 0.276 e. The van der Waals surface area contributed by atoms with E-state index in [1.165, 1.54) is 5.01 Å². The lowest BCUT2D eigenvalue weighted by Gasteiger charge is -2.30. The first kappa shape index (κ1) is 11.8. The molecular formula is C13H16N2O2. The Bertz CT molecular complexity index is 466. The Morgan fingerprint density at radius 3 is 2.47 bits per heavy atom. The van der Waals surface area contributed by atoms with Gasteiger partial charge in [-0.1, -0.05) is 25.1 Å². The van der Waals surface area contributed by atoms with Crippen LogP contribution in [0.1, 0.15) is 31.1 Å². The highest BCUT2D eigenvalue weighted by atomic mass is 16.3. The fraction of sp³-hybridized carbons (Fsp3) is 0.385. The number of hydrogen-bond acceptors (Lipinski definition) is 3. The zero-order chi connectivity index (χ0) is 12.6. The zero-order valence-electron chi connectivity index (χ0n) is 10.2. The van der Waals surface area contributed by atoms with E-state index >= 15 is 0 Å². The summed E-state index contributed by atoms with van der Waals surface area (Å²) < 4.78 is 0. The van der Waals surface area contributed by atoms with Crippen molar-refractivity contribution in [3.8, 4) is 0 Å². The van der Waals surface area contributed by atoms with Gasteiger partial charge >= 0.3 is 0 Å². The Labute approximate surface area is 101 Å². The van der Waals surface area contributed by atoms with Crippen LogP contribution in [-0.4, -0.2) is 27.5 Å². The van der Waals surface area contributed by atoms with Gasteiger partial charge in [0, 0.05) is 17.2 Å². The van der Waals surface area contributed by atoms with Crippen molar-refractivity contribution in [3.63, 3.8) is 0 Å². The molecule has 1 aromatic carbocycles. The first-order valence-corrected chi connectivity index (χ1v) is 5.61. The summed E-state index contributed by atoms with van der Waals surface area (Å²) >= 11 is 0. The summed E-state index contributed by atoms with van der Waals surface area (Å²) in [6, 6.07) is 8.85. The highest BCUT2D eigenvalue weighted by molar-refractivity contribution is 5.98. The number of carbonyl (C=O) groups is 1. The lowest BCUT2D eigenvalue weighted by Crippen LogP contribution is -2.47. The summed E-state index contributed by atoms with van der Waals surface area (Å²) in [5.74, 6) is -0.436. The SMILES string of the molecule is CC1=NN(C(=O)c2ccccc2)[C@](C)(O)[C@H]1C. The molecule has 0 bridgehead atoms. The van der Waals surface area contributed by atoms with Crippen LogP contribution in [0, 0.1) is 5.92 Å². The third-order valence-corrected chi connectivity index (χ3v) is 3.35. The van der Waals surface area contributed by atoms with Crippen molar-refractivity contribution < 1.29 is 9.90 Å². The van der Waals surface area contributed by atoms with E-state index in [0.29, 0.717) is 5.56 Å². The van der Waals surface area contributed by atoms with Crippen LogP contribution < -0.4 is 0 Å². The van der Waals surface area contributed by atoms with Gasteiger partial charge in [0.15, 0.2) is 5.72 Å². The molecule has 0 aromatic heterocycles. The van der Waals surface area contributed by atoms with Crippen LogP contribution in [0.5, 0.6) is 0 Å². The molecule has 1 aliphatic rings. The minimum Gasteiger partial charge on any atom is -0.369 e. The Hall–Kier alpha value is -1.68. The Kier molecular flexibility index (Phi) is 2.75. The molecule has 4 nitrogen and oxygen atoms in total. The number of amides is 1. The van der Waals surface area contributed by atoms with E-state index < -0.39 is 5.72 Å². The molecule has 1 heterocycles. The standard InChI is InChI=1S/C13H16N2O2/c1-9-10(2)14-15(13(9,3)17)12(16)11-7-5-4-6-8-11/h4-9,17H,1-3H3/t9-,13+/m0/s1. The van der Waals surface area contributed by atoms with Gasteiger partial charge < -0.3 is 5.11 Å². The summed E-state index contributed by atoms with van der Waals surface area (Å²) in [7, 11) is 0. The molecule has 17 heavy (non-hydrogen) atoms. The summed E-state index contributed by atoms with van der Waals surface area (Å²) in [5.41, 5.74) is 0.0366. The Balaban J connectivity index is 2.34. The number of hydrazone groups is 1. The second-order valence-electron chi connectivity index (χ2n) is 4.54. The molecule has 2 atom stereocenters. The van der Waals surface area contributed by atoms with Gasteiger partial charge in [0.25, 0.3) is 5.91 Å². The van der Waals surface area contributed by atoms with Crippen LogP contribution in [0.15, 0.2) is 35.4 Å². The molecule has 1 aromatic rings. The smallest absolute Gasteiger partial charge is 0.276 e. The van der Waals surface area contributed by atoms with Crippen LogP contribution in [-0.2, 0) is 0 Å². The molecule has 1 N–H and O–H groups in total. The van der Waals surface area contributed by atoms with Gasteiger partial charge in [0.2, 0.25) is 0 Å². The summed E-state index contributed by atoms with van der Waals surface area (Å²) in [4.78, 5) is 12.2. The van der Waals surface area contributed by atoms with E-state index in [1.807, 2.05) is 19.9 Å². The topological polar surface area (TPSA) is 52.9 Å². The number of rotatable bonds is 1. The Morgan fingerprint density at radius 2 is 2.00 bits per heavy atom. The molecule has 90 valence electrons. The lowest BCUT2D eigenvalue weighted by atomic mass is 9.96. The number of aliphatic hydroxyl groups is 1. The normalized spacial score (nSPS) is 28.1. The van der Waals surface area contributed by atoms with Crippen LogP contribution in [0.4, 0.5) is 0 Å². The third kappa shape index (κ3) is 1.85. The first-order chi connectivity index (χ1) is 7.94. The fourth-order valence-electron chi connectivity index (χ4n) is 1.88. The van der Waals surface area contributed by atoms with Crippen molar-refractivity contribution in [1.29, 1.82) is 0 Å².